The van der Waals surface area contributed by atoms with Crippen LogP contribution >= 0.6 is 0 Å². The third-order valence-corrected chi connectivity index (χ3v) is 1.03. The molecule has 0 amide bonds. The van der Waals surface area contributed by atoms with Gasteiger partial charge in [0.2, 0.25) is 0 Å². The summed E-state index contributed by atoms with van der Waals surface area (Å²) >= 11 is 0. The Balaban J connectivity index is 0. The lowest BCUT2D eigenvalue weighted by atomic mass is 10.3. The number of rotatable bonds is 0. The van der Waals surface area contributed by atoms with Gasteiger partial charge in [0.25, 0.3) is 0 Å². The minimum absolute atomic E-state index is 0.473. The topological polar surface area (TPSA) is 36.7 Å². The molecule has 0 aliphatic carbocycles. The Hall–Kier alpha value is -1.36. The van der Waals surface area contributed by atoms with Crippen LogP contribution in [0.25, 0.3) is 0 Å². The molecule has 1 aromatic rings. The van der Waals surface area contributed by atoms with Crippen LogP contribution in [0.3, 0.4) is 0 Å². The second-order valence-corrected chi connectivity index (χ2v) is 1.83. The largest absolute Gasteiger partial charge is 0.245 e. The monoisotopic (exact) mass is 178 g/mol. The molecule has 0 aromatic carbocycles. The molecular formula is C11H18N2. The zero-order chi connectivity index (χ0) is 10.7. The van der Waals surface area contributed by atoms with Crippen molar-refractivity contribution < 1.29 is 0 Å². The zero-order valence-electron chi connectivity index (χ0n) is 9.13. The van der Waals surface area contributed by atoms with Gasteiger partial charge in [0.15, 0.2) is 0 Å². The van der Waals surface area contributed by atoms with Crippen molar-refractivity contribution >= 4 is 0 Å². The van der Waals surface area contributed by atoms with Crippen LogP contribution in [-0.4, -0.2) is 4.98 Å². The Bertz CT molecular complexity index is 231. The number of nitrogens with zero attached hydrogens (tertiary/aromatic N) is 2. The molecule has 0 saturated carbocycles. The summed E-state index contributed by atoms with van der Waals surface area (Å²) in [6.45, 7) is 9.94. The van der Waals surface area contributed by atoms with Gasteiger partial charge in [-0.3, -0.25) is 0 Å². The van der Waals surface area contributed by atoms with Crippen molar-refractivity contribution in [3.63, 3.8) is 0 Å². The molecule has 13 heavy (non-hydrogen) atoms. The van der Waals surface area contributed by atoms with Crippen LogP contribution in [0.5, 0.6) is 0 Å². The van der Waals surface area contributed by atoms with Crippen LogP contribution in [0.1, 0.15) is 39.0 Å². The maximum atomic E-state index is 8.32. The Morgan fingerprint density at radius 1 is 1.15 bits per heavy atom. The first-order chi connectivity index (χ1) is 6.33. The average Bonchev–Trinajstić information content (AvgIpc) is 2.25. The van der Waals surface area contributed by atoms with Gasteiger partial charge in [-0.25, -0.2) is 4.98 Å². The molecule has 2 heteroatoms. The first kappa shape index (κ1) is 14.2. The molecule has 72 valence electrons. The highest BCUT2D eigenvalue weighted by atomic mass is 14.7. The van der Waals surface area contributed by atoms with Crippen LogP contribution < -0.4 is 0 Å². The summed E-state index contributed by atoms with van der Waals surface area (Å²) in [5.74, 6) is 0. The molecule has 1 aromatic heterocycles. The normalized spacial score (nSPS) is 6.77. The molecule has 1 heterocycles. The van der Waals surface area contributed by atoms with Gasteiger partial charge >= 0.3 is 0 Å². The van der Waals surface area contributed by atoms with Crippen molar-refractivity contribution in [3.8, 4) is 6.07 Å². The molecule has 0 saturated heterocycles. The lowest BCUT2D eigenvalue weighted by Crippen LogP contribution is -1.80. The summed E-state index contributed by atoms with van der Waals surface area (Å²) in [6.07, 6.45) is 1.68. The van der Waals surface area contributed by atoms with Crippen LogP contribution in [0.15, 0.2) is 18.3 Å². The molecule has 0 atom stereocenters. The third-order valence-electron chi connectivity index (χ3n) is 1.03. The molecule has 2 nitrogen and oxygen atoms in total. The van der Waals surface area contributed by atoms with Crippen molar-refractivity contribution in [3.05, 3.63) is 29.6 Å². The Morgan fingerprint density at radius 2 is 1.69 bits per heavy atom. The maximum Gasteiger partial charge on any atom is 0.140 e. The minimum atomic E-state index is 0.473. The van der Waals surface area contributed by atoms with Gasteiger partial charge in [0.05, 0.1) is 0 Å². The summed E-state index contributed by atoms with van der Waals surface area (Å²) in [5, 5.41) is 8.32. The second kappa shape index (κ2) is 10.6. The number of pyridine rings is 1. The minimum Gasteiger partial charge on any atom is -0.245 e. The van der Waals surface area contributed by atoms with E-state index in [-0.39, 0.29) is 0 Å². The van der Waals surface area contributed by atoms with Gasteiger partial charge < -0.3 is 0 Å². The first-order valence-electron chi connectivity index (χ1n) is 4.65. The van der Waals surface area contributed by atoms with Crippen LogP contribution in [-0.2, 0) is 0 Å². The van der Waals surface area contributed by atoms with E-state index in [4.69, 9.17) is 5.26 Å². The molecule has 0 radical (unpaired) electrons. The Morgan fingerprint density at radius 3 is 2.00 bits per heavy atom. The van der Waals surface area contributed by atoms with Crippen molar-refractivity contribution in [2.75, 3.05) is 0 Å². The van der Waals surface area contributed by atoms with Gasteiger partial charge in [-0.1, -0.05) is 33.8 Å². The number of aromatic nitrogens is 1. The van der Waals surface area contributed by atoms with Crippen LogP contribution in [0.2, 0.25) is 0 Å². The molecule has 0 fully saturated rings. The fourth-order valence-electron chi connectivity index (χ4n) is 0.534. The summed E-state index contributed by atoms with van der Waals surface area (Å²) in [6, 6.07) is 5.51. The van der Waals surface area contributed by atoms with Gasteiger partial charge in [0.1, 0.15) is 11.8 Å². The maximum absolute atomic E-state index is 8.32. The van der Waals surface area contributed by atoms with Gasteiger partial charge in [-0.05, 0) is 18.6 Å². The molecule has 0 N–H and O–H groups in total. The van der Waals surface area contributed by atoms with Crippen molar-refractivity contribution in [1.29, 1.82) is 5.26 Å². The van der Waals surface area contributed by atoms with Crippen molar-refractivity contribution in [1.82, 2.24) is 4.98 Å². The molecule has 0 bridgehead atoms. The highest BCUT2D eigenvalue weighted by Gasteiger charge is 1.86. The molecule has 0 aliphatic heterocycles. The quantitative estimate of drug-likeness (QED) is 0.611. The van der Waals surface area contributed by atoms with E-state index in [2.05, 4.69) is 4.98 Å². The summed E-state index contributed by atoms with van der Waals surface area (Å²) in [5.41, 5.74) is 1.55. The van der Waals surface area contributed by atoms with Gasteiger partial charge in [0, 0.05) is 6.20 Å². The third kappa shape index (κ3) is 7.02. The van der Waals surface area contributed by atoms with E-state index in [1.165, 1.54) is 0 Å². The summed E-state index contributed by atoms with van der Waals surface area (Å²) < 4.78 is 0. The molecule has 0 aliphatic rings. The summed E-state index contributed by atoms with van der Waals surface area (Å²) in [7, 11) is 0. The predicted octanol–water partition coefficient (Wildman–Crippen LogP) is 3.31. The first-order valence-corrected chi connectivity index (χ1v) is 4.65. The van der Waals surface area contributed by atoms with Gasteiger partial charge in [-0.2, -0.15) is 5.26 Å². The lowest BCUT2D eigenvalue weighted by Gasteiger charge is -1.87. The highest BCUT2D eigenvalue weighted by Crippen LogP contribution is 1.95. The predicted molar refractivity (Wildman–Crippen MR) is 56.4 cm³/mol. The van der Waals surface area contributed by atoms with Crippen LogP contribution in [0.4, 0.5) is 0 Å². The van der Waals surface area contributed by atoms with E-state index < -0.39 is 0 Å². The van der Waals surface area contributed by atoms with Crippen LogP contribution in [0, 0.1) is 18.3 Å². The SMILES string of the molecule is CC.CC.Cc1ccc(C#N)nc1. The smallest absolute Gasteiger partial charge is 0.140 e. The standard InChI is InChI=1S/C7H6N2.2C2H6/c1-6-2-3-7(4-8)9-5-6;2*1-2/h2-3,5H,1H3;2*1-2H3. The van der Waals surface area contributed by atoms with Gasteiger partial charge in [-0.15, -0.1) is 0 Å². The van der Waals surface area contributed by atoms with E-state index in [1.807, 2.05) is 46.8 Å². The zero-order valence-corrected chi connectivity index (χ0v) is 9.13. The fourth-order valence-corrected chi connectivity index (χ4v) is 0.534. The molecular weight excluding hydrogens is 160 g/mol. The lowest BCUT2D eigenvalue weighted by molar-refractivity contribution is 1.22. The summed E-state index contributed by atoms with van der Waals surface area (Å²) in [4.78, 5) is 3.84. The number of hydrogen-bond acceptors (Lipinski definition) is 2. The fraction of sp³-hybridized carbons (Fsp3) is 0.455. The number of nitriles is 1. The Kier molecular flexibility index (Phi) is 11.6. The number of aryl methyl sites for hydroxylation is 1. The molecule has 1 rings (SSSR count). The van der Waals surface area contributed by atoms with Crippen molar-refractivity contribution in [2.45, 2.75) is 34.6 Å². The molecule has 0 spiro atoms. The van der Waals surface area contributed by atoms with E-state index >= 15 is 0 Å². The van der Waals surface area contributed by atoms with Crippen molar-refractivity contribution in [2.24, 2.45) is 0 Å². The van der Waals surface area contributed by atoms with E-state index in [0.717, 1.165) is 5.56 Å². The Labute approximate surface area is 81.2 Å². The second-order valence-electron chi connectivity index (χ2n) is 1.83. The van der Waals surface area contributed by atoms with E-state index in [0.29, 0.717) is 5.69 Å². The van der Waals surface area contributed by atoms with E-state index in [9.17, 15) is 0 Å². The molecule has 0 unspecified atom stereocenters. The highest BCUT2D eigenvalue weighted by molar-refractivity contribution is 5.21. The number of hydrogen-bond donors (Lipinski definition) is 0. The average molecular weight is 178 g/mol. The van der Waals surface area contributed by atoms with E-state index in [1.54, 1.807) is 12.3 Å².